The third kappa shape index (κ3) is 5.25. The van der Waals surface area contributed by atoms with E-state index in [9.17, 15) is 17.6 Å². The Morgan fingerprint density at radius 2 is 1.71 bits per heavy atom. The van der Waals surface area contributed by atoms with Crippen LogP contribution in [0.25, 0.3) is 11.1 Å². The van der Waals surface area contributed by atoms with E-state index in [4.69, 9.17) is 0 Å². The monoisotopic (exact) mass is 445 g/mol. The smallest absolute Gasteiger partial charge is 0.254 e. The topological polar surface area (TPSA) is 69.7 Å². The van der Waals surface area contributed by atoms with Crippen molar-refractivity contribution >= 4 is 21.6 Å². The highest BCUT2D eigenvalue weighted by atomic mass is 32.2. The molecule has 166 valence electrons. The molecule has 0 aromatic heterocycles. The summed E-state index contributed by atoms with van der Waals surface area (Å²) in [5.74, 6) is -0.600. The van der Waals surface area contributed by atoms with Gasteiger partial charge in [-0.25, -0.2) is 12.8 Å². The zero-order valence-electron chi connectivity index (χ0n) is 17.7. The van der Waals surface area contributed by atoms with Crippen molar-refractivity contribution in [1.82, 2.24) is 9.80 Å². The predicted molar refractivity (Wildman–Crippen MR) is 120 cm³/mol. The molecule has 2 aliphatic rings. The van der Waals surface area contributed by atoms with E-state index in [-0.39, 0.29) is 17.6 Å². The molecule has 0 bridgehead atoms. The molecule has 2 aliphatic heterocycles. The maximum absolute atomic E-state index is 14.3. The number of anilines is 1. The van der Waals surface area contributed by atoms with E-state index in [0.29, 0.717) is 11.1 Å². The number of carbonyl (C=O) groups is 1. The molecule has 0 aliphatic carbocycles. The molecule has 31 heavy (non-hydrogen) atoms. The molecule has 0 saturated carbocycles. The summed E-state index contributed by atoms with van der Waals surface area (Å²) in [4.78, 5) is 17.5. The molecule has 2 aromatic rings. The fourth-order valence-corrected chi connectivity index (χ4v) is 5.07. The third-order valence-electron chi connectivity index (χ3n) is 6.04. The summed E-state index contributed by atoms with van der Waals surface area (Å²) in [7, 11) is -3.55. The number of carbonyl (C=O) groups excluding carboxylic acids is 1. The van der Waals surface area contributed by atoms with Crippen molar-refractivity contribution in [2.45, 2.75) is 31.7 Å². The van der Waals surface area contributed by atoms with Gasteiger partial charge in [-0.2, -0.15) is 0 Å². The number of likely N-dealkylation sites (tertiary alicyclic amines) is 2. The summed E-state index contributed by atoms with van der Waals surface area (Å²) < 4.78 is 39.1. The Kier molecular flexibility index (Phi) is 6.29. The van der Waals surface area contributed by atoms with Crippen molar-refractivity contribution in [1.29, 1.82) is 0 Å². The van der Waals surface area contributed by atoms with Crippen molar-refractivity contribution in [3.63, 3.8) is 0 Å². The molecule has 1 N–H and O–H groups in total. The summed E-state index contributed by atoms with van der Waals surface area (Å²) in [6.45, 7) is 4.00. The van der Waals surface area contributed by atoms with Gasteiger partial charge in [0.05, 0.1) is 11.9 Å². The number of hydrogen-bond donors (Lipinski definition) is 1. The average molecular weight is 446 g/mol. The van der Waals surface area contributed by atoms with Gasteiger partial charge in [-0.1, -0.05) is 18.2 Å². The van der Waals surface area contributed by atoms with E-state index in [1.807, 2.05) is 4.90 Å². The third-order valence-corrected chi connectivity index (χ3v) is 6.63. The second kappa shape index (κ2) is 8.96. The van der Waals surface area contributed by atoms with Crippen molar-refractivity contribution in [2.75, 3.05) is 37.2 Å². The van der Waals surface area contributed by atoms with Crippen LogP contribution in [0.3, 0.4) is 0 Å². The lowest BCUT2D eigenvalue weighted by Gasteiger charge is -2.28. The molecular formula is C23H28FN3O3S. The van der Waals surface area contributed by atoms with Crippen LogP contribution in [0.15, 0.2) is 42.5 Å². The maximum Gasteiger partial charge on any atom is 0.254 e. The van der Waals surface area contributed by atoms with Crippen LogP contribution in [0.5, 0.6) is 0 Å². The van der Waals surface area contributed by atoms with Crippen molar-refractivity contribution in [2.24, 2.45) is 0 Å². The summed E-state index contributed by atoms with van der Waals surface area (Å²) in [6, 6.07) is 11.8. The van der Waals surface area contributed by atoms with E-state index >= 15 is 0 Å². The van der Waals surface area contributed by atoms with Crippen molar-refractivity contribution in [3.05, 3.63) is 53.8 Å². The maximum atomic E-state index is 14.3. The second-order valence-electron chi connectivity index (χ2n) is 8.45. The summed E-state index contributed by atoms with van der Waals surface area (Å²) in [5.41, 5.74) is 1.92. The lowest BCUT2D eigenvalue weighted by Crippen LogP contribution is -2.42. The fraction of sp³-hybridized carbons (Fsp3) is 0.435. The van der Waals surface area contributed by atoms with Gasteiger partial charge in [0.2, 0.25) is 10.0 Å². The zero-order chi connectivity index (χ0) is 22.0. The van der Waals surface area contributed by atoms with Gasteiger partial charge in [0.25, 0.3) is 5.91 Å². The molecule has 0 unspecified atom stereocenters. The van der Waals surface area contributed by atoms with Crippen LogP contribution < -0.4 is 4.72 Å². The Morgan fingerprint density at radius 3 is 2.35 bits per heavy atom. The predicted octanol–water partition coefficient (Wildman–Crippen LogP) is 3.56. The zero-order valence-corrected chi connectivity index (χ0v) is 18.5. The molecule has 1 atom stereocenters. The number of sulfonamides is 1. The molecule has 8 heteroatoms. The first-order valence-corrected chi connectivity index (χ1v) is 12.6. The van der Waals surface area contributed by atoms with Crippen LogP contribution in [0.1, 0.15) is 36.0 Å². The standard InChI is InChI=1S/C23H28FN3O3S/c1-31(29,30)25-22-11-10-19(15-21(22)24)17-6-8-18(9-7-17)23(28)27-14-4-5-20(27)16-26-12-2-3-13-26/h6-11,15,20,25H,2-5,12-14,16H2,1H3/t20-/m0/s1. The van der Waals surface area contributed by atoms with Gasteiger partial charge in [0.1, 0.15) is 5.82 Å². The van der Waals surface area contributed by atoms with Gasteiger partial charge in [-0.15, -0.1) is 0 Å². The second-order valence-corrected chi connectivity index (χ2v) is 10.2. The summed E-state index contributed by atoms with van der Waals surface area (Å²) in [6.07, 6.45) is 5.55. The van der Waals surface area contributed by atoms with Crippen LogP contribution in [-0.4, -0.2) is 62.6 Å². The average Bonchev–Trinajstić information content (AvgIpc) is 3.41. The molecule has 2 fully saturated rings. The SMILES string of the molecule is CS(=O)(=O)Nc1ccc(-c2ccc(C(=O)N3CCC[C@H]3CN3CCCC3)cc2)cc1F. The van der Waals surface area contributed by atoms with Gasteiger partial charge in [-0.05, 0) is 74.2 Å². The number of halogens is 1. The molecule has 2 aromatic carbocycles. The minimum Gasteiger partial charge on any atom is -0.334 e. The minimum atomic E-state index is -3.55. The molecule has 2 saturated heterocycles. The lowest BCUT2D eigenvalue weighted by molar-refractivity contribution is 0.0709. The first-order valence-electron chi connectivity index (χ1n) is 10.7. The first kappa shape index (κ1) is 21.8. The van der Waals surface area contributed by atoms with Gasteiger partial charge in [0, 0.05) is 24.7 Å². The van der Waals surface area contributed by atoms with Gasteiger partial charge in [0.15, 0.2) is 0 Å². The van der Waals surface area contributed by atoms with Gasteiger partial charge < -0.3 is 9.80 Å². The normalized spacial score (nSPS) is 19.7. The van der Waals surface area contributed by atoms with Crippen LogP contribution in [0.4, 0.5) is 10.1 Å². The Labute approximate surface area is 183 Å². The van der Waals surface area contributed by atoms with Crippen molar-refractivity contribution in [3.8, 4) is 11.1 Å². The molecule has 4 rings (SSSR count). The highest BCUT2D eigenvalue weighted by Crippen LogP contribution is 2.27. The highest BCUT2D eigenvalue weighted by molar-refractivity contribution is 7.92. The number of rotatable bonds is 6. The summed E-state index contributed by atoms with van der Waals surface area (Å²) in [5, 5.41) is 0. The summed E-state index contributed by atoms with van der Waals surface area (Å²) >= 11 is 0. The van der Waals surface area contributed by atoms with E-state index in [1.54, 1.807) is 30.3 Å². The van der Waals surface area contributed by atoms with Crippen LogP contribution in [0, 0.1) is 5.82 Å². The molecule has 6 nitrogen and oxygen atoms in total. The Morgan fingerprint density at radius 1 is 1.03 bits per heavy atom. The van der Waals surface area contributed by atoms with E-state index in [1.165, 1.54) is 25.0 Å². The van der Waals surface area contributed by atoms with E-state index < -0.39 is 15.8 Å². The lowest BCUT2D eigenvalue weighted by atomic mass is 10.0. The van der Waals surface area contributed by atoms with Crippen LogP contribution in [0.2, 0.25) is 0 Å². The number of nitrogens with one attached hydrogen (secondary N) is 1. The van der Waals surface area contributed by atoms with E-state index in [2.05, 4.69) is 9.62 Å². The Balaban J connectivity index is 1.46. The first-order chi connectivity index (χ1) is 14.8. The largest absolute Gasteiger partial charge is 0.334 e. The van der Waals surface area contributed by atoms with Crippen molar-refractivity contribution < 1.29 is 17.6 Å². The fourth-order valence-electron chi connectivity index (χ4n) is 4.50. The number of hydrogen-bond acceptors (Lipinski definition) is 4. The molecule has 1 amide bonds. The number of amides is 1. The number of benzene rings is 2. The Hall–Kier alpha value is -2.45. The molecule has 0 radical (unpaired) electrons. The van der Waals surface area contributed by atoms with Gasteiger partial charge >= 0.3 is 0 Å². The molecule has 2 heterocycles. The van der Waals surface area contributed by atoms with Crippen LogP contribution >= 0.6 is 0 Å². The Bertz CT molecular complexity index is 1050. The quantitative estimate of drug-likeness (QED) is 0.738. The molecular weight excluding hydrogens is 417 g/mol. The number of nitrogens with zero attached hydrogens (tertiary/aromatic N) is 2. The molecule has 0 spiro atoms. The highest BCUT2D eigenvalue weighted by Gasteiger charge is 2.31. The minimum absolute atomic E-state index is 0.0483. The van der Waals surface area contributed by atoms with Crippen LogP contribution in [-0.2, 0) is 10.0 Å². The van der Waals surface area contributed by atoms with E-state index in [0.717, 1.165) is 50.8 Å². The van der Waals surface area contributed by atoms with Gasteiger partial charge in [-0.3, -0.25) is 9.52 Å².